The Balaban J connectivity index is 1.58. The first-order chi connectivity index (χ1) is 25.0. The van der Waals surface area contributed by atoms with Crippen LogP contribution >= 0.6 is 0 Å². The van der Waals surface area contributed by atoms with E-state index in [0.29, 0.717) is 16.8 Å². The molecule has 53 heavy (non-hydrogen) atoms. The molecule has 0 amide bonds. The Hall–Kier alpha value is -5.44. The molecule has 2 aliphatic heterocycles. The molecule has 0 N–H and O–H groups in total. The number of hydrogen-bond donors (Lipinski definition) is 0. The predicted octanol–water partition coefficient (Wildman–Crippen LogP) is 10.9. The molecule has 0 saturated carbocycles. The molecule has 0 spiro atoms. The third-order valence-corrected chi connectivity index (χ3v) is 10.4. The van der Waals surface area contributed by atoms with Gasteiger partial charge in [0.2, 0.25) is 0 Å². The summed E-state index contributed by atoms with van der Waals surface area (Å²) in [7, 11) is 0. The summed E-state index contributed by atoms with van der Waals surface area (Å²) < 4.78 is 94.3. The van der Waals surface area contributed by atoms with E-state index >= 15 is 22.0 Å². The van der Waals surface area contributed by atoms with Crippen LogP contribution in [0, 0.1) is 34.9 Å². The number of fused-ring (bicyclic) bond motifs is 4. The summed E-state index contributed by atoms with van der Waals surface area (Å²) in [5, 5.41) is 0. The van der Waals surface area contributed by atoms with Gasteiger partial charge in [-0.25, -0.2) is 26.3 Å². The Kier molecular flexibility index (Phi) is 7.88. The quantitative estimate of drug-likeness (QED) is 0.133. The SMILES string of the molecule is CC(C)(C)c1ccc2c(c1)B1c3cc(C(C)(C)C)ccc3N(c3c(F)cccc3F)c3cc(-c4ccc(F)cc4F)cc(c31)N2c1c(F)cccc1F. The molecule has 9 heteroatoms. The molecule has 2 heterocycles. The van der Waals surface area contributed by atoms with Gasteiger partial charge in [-0.1, -0.05) is 77.9 Å². The van der Waals surface area contributed by atoms with Crippen molar-refractivity contribution in [1.29, 1.82) is 0 Å². The van der Waals surface area contributed by atoms with Gasteiger partial charge in [0, 0.05) is 34.4 Å². The zero-order chi connectivity index (χ0) is 37.7. The van der Waals surface area contributed by atoms with Gasteiger partial charge in [-0.3, -0.25) is 0 Å². The van der Waals surface area contributed by atoms with E-state index in [2.05, 4.69) is 41.5 Å². The third-order valence-electron chi connectivity index (χ3n) is 10.4. The topological polar surface area (TPSA) is 6.48 Å². The maximum atomic E-state index is 16.1. The fourth-order valence-corrected chi connectivity index (χ4v) is 7.70. The van der Waals surface area contributed by atoms with Gasteiger partial charge in [0.05, 0.1) is 0 Å². The molecule has 266 valence electrons. The average Bonchev–Trinajstić information content (AvgIpc) is 3.08. The van der Waals surface area contributed by atoms with Gasteiger partial charge in [0.25, 0.3) is 6.71 Å². The smallest absolute Gasteiger partial charge is 0.252 e. The van der Waals surface area contributed by atoms with Crippen LogP contribution in [0.15, 0.2) is 103 Å². The molecular weight excluding hydrogens is 681 g/mol. The summed E-state index contributed by atoms with van der Waals surface area (Å²) in [5.74, 6) is -5.04. The highest BCUT2D eigenvalue weighted by atomic mass is 19.2. The van der Waals surface area contributed by atoms with Crippen LogP contribution in [0.25, 0.3) is 11.1 Å². The zero-order valence-electron chi connectivity index (χ0n) is 30.1. The van der Waals surface area contributed by atoms with Crippen molar-refractivity contribution in [2.24, 2.45) is 0 Å². The van der Waals surface area contributed by atoms with Crippen LogP contribution in [0.3, 0.4) is 0 Å². The molecule has 6 aromatic rings. The molecule has 2 aliphatic rings. The molecule has 0 unspecified atom stereocenters. The average molecular weight is 717 g/mol. The minimum Gasteiger partial charge on any atom is -0.306 e. The third kappa shape index (κ3) is 5.51. The molecule has 0 aromatic heterocycles. The van der Waals surface area contributed by atoms with E-state index < -0.39 is 41.6 Å². The van der Waals surface area contributed by atoms with E-state index in [4.69, 9.17) is 0 Å². The van der Waals surface area contributed by atoms with Crippen molar-refractivity contribution in [1.82, 2.24) is 0 Å². The largest absolute Gasteiger partial charge is 0.306 e. The van der Waals surface area contributed by atoms with Gasteiger partial charge >= 0.3 is 0 Å². The van der Waals surface area contributed by atoms with Crippen LogP contribution in [-0.2, 0) is 10.8 Å². The van der Waals surface area contributed by atoms with Gasteiger partial charge in [0.1, 0.15) is 46.3 Å². The van der Waals surface area contributed by atoms with E-state index in [1.54, 1.807) is 12.1 Å². The number of rotatable bonds is 3. The van der Waals surface area contributed by atoms with Gasteiger partial charge in [-0.05, 0) is 105 Å². The number of benzene rings is 6. The lowest BCUT2D eigenvalue weighted by Crippen LogP contribution is -2.62. The maximum absolute atomic E-state index is 16.1. The van der Waals surface area contributed by atoms with E-state index in [0.717, 1.165) is 58.5 Å². The molecule has 0 bridgehead atoms. The Morgan fingerprint density at radius 3 is 1.28 bits per heavy atom. The number of hydrogen-bond acceptors (Lipinski definition) is 2. The van der Waals surface area contributed by atoms with Crippen molar-refractivity contribution in [3.63, 3.8) is 0 Å². The van der Waals surface area contributed by atoms with Crippen molar-refractivity contribution in [3.05, 3.63) is 149 Å². The van der Waals surface area contributed by atoms with Crippen LogP contribution in [0.2, 0.25) is 0 Å². The zero-order valence-corrected chi connectivity index (χ0v) is 30.1. The molecule has 2 nitrogen and oxygen atoms in total. The van der Waals surface area contributed by atoms with Gasteiger partial charge in [-0.2, -0.15) is 0 Å². The molecule has 8 rings (SSSR count). The first-order valence-corrected chi connectivity index (χ1v) is 17.4. The first-order valence-electron chi connectivity index (χ1n) is 17.4. The highest BCUT2D eigenvalue weighted by molar-refractivity contribution is 7.00. The lowest BCUT2D eigenvalue weighted by atomic mass is 9.33. The van der Waals surface area contributed by atoms with Crippen LogP contribution in [0.1, 0.15) is 52.7 Å². The molecular formula is C44H35BF6N2. The Labute approximate surface area is 305 Å². The summed E-state index contributed by atoms with van der Waals surface area (Å²) in [6.07, 6.45) is 0. The lowest BCUT2D eigenvalue weighted by molar-refractivity contribution is 0.584. The maximum Gasteiger partial charge on any atom is 0.252 e. The Morgan fingerprint density at radius 1 is 0.453 bits per heavy atom. The van der Waals surface area contributed by atoms with Gasteiger partial charge in [-0.15, -0.1) is 0 Å². The number of nitrogens with zero attached hydrogens (tertiary/aromatic N) is 2. The minimum absolute atomic E-state index is 0.00679. The van der Waals surface area contributed by atoms with Crippen LogP contribution in [0.4, 0.5) is 60.5 Å². The first kappa shape index (κ1) is 34.6. The highest BCUT2D eigenvalue weighted by Crippen LogP contribution is 2.48. The van der Waals surface area contributed by atoms with E-state index in [9.17, 15) is 4.39 Å². The van der Waals surface area contributed by atoms with Gasteiger partial charge < -0.3 is 9.80 Å². The summed E-state index contributed by atoms with van der Waals surface area (Å²) in [6.45, 7) is 11.9. The highest BCUT2D eigenvalue weighted by Gasteiger charge is 2.46. The van der Waals surface area contributed by atoms with Crippen molar-refractivity contribution in [3.8, 4) is 11.1 Å². The second-order valence-corrected chi connectivity index (χ2v) is 15.8. The fraction of sp³-hybridized carbons (Fsp3) is 0.182. The minimum atomic E-state index is -0.877. The molecule has 0 saturated heterocycles. The summed E-state index contributed by atoms with van der Waals surface area (Å²) in [4.78, 5) is 2.95. The standard InChI is InChI=1S/C44H35BF6N2/c1-43(2,3)25-13-17-36-29(21-25)45-30-22-26(44(4,5)6)14-18-37(30)53(42-33(49)11-8-12-34(42)50)39-20-24(28-16-15-27(46)23-35(28)51)19-38(40(39)45)52(36)41-31(47)9-7-10-32(41)48/h7-23H,1-6H3. The predicted molar refractivity (Wildman–Crippen MR) is 203 cm³/mol. The Bertz CT molecular complexity index is 2300. The molecule has 6 aromatic carbocycles. The van der Waals surface area contributed by atoms with Crippen molar-refractivity contribution < 1.29 is 26.3 Å². The second-order valence-electron chi connectivity index (χ2n) is 15.8. The number of para-hydroxylation sites is 2. The normalized spacial score (nSPS) is 13.5. The molecule has 0 aliphatic carbocycles. The fourth-order valence-electron chi connectivity index (χ4n) is 7.70. The van der Waals surface area contributed by atoms with Crippen LogP contribution in [-0.4, -0.2) is 6.71 Å². The monoisotopic (exact) mass is 716 g/mol. The summed E-state index contributed by atoms with van der Waals surface area (Å²) >= 11 is 0. The lowest BCUT2D eigenvalue weighted by Gasteiger charge is -2.45. The van der Waals surface area contributed by atoms with E-state index in [1.807, 2.05) is 36.4 Å². The Morgan fingerprint density at radius 2 is 0.887 bits per heavy atom. The molecule has 0 fully saturated rings. The number of halogens is 6. The van der Waals surface area contributed by atoms with Crippen molar-refractivity contribution >= 4 is 57.2 Å². The van der Waals surface area contributed by atoms with E-state index in [1.165, 1.54) is 28.0 Å². The van der Waals surface area contributed by atoms with Crippen molar-refractivity contribution in [2.75, 3.05) is 9.80 Å². The van der Waals surface area contributed by atoms with E-state index in [-0.39, 0.29) is 44.7 Å². The molecule has 0 radical (unpaired) electrons. The summed E-state index contributed by atoms with van der Waals surface area (Å²) in [6, 6.07) is 25.2. The van der Waals surface area contributed by atoms with Crippen molar-refractivity contribution in [2.45, 2.75) is 52.4 Å². The summed E-state index contributed by atoms with van der Waals surface area (Å²) in [5.41, 5.74) is 4.28. The van der Waals surface area contributed by atoms with Gasteiger partial charge in [0.15, 0.2) is 0 Å². The number of anilines is 6. The molecule has 0 atom stereocenters. The van der Waals surface area contributed by atoms with Crippen LogP contribution in [0.5, 0.6) is 0 Å². The second kappa shape index (κ2) is 12.1. The van der Waals surface area contributed by atoms with Crippen LogP contribution < -0.4 is 26.2 Å².